The van der Waals surface area contributed by atoms with Gasteiger partial charge in [0, 0.05) is 0 Å². The number of fused-ring (bicyclic) bond motifs is 1. The summed E-state index contributed by atoms with van der Waals surface area (Å²) in [6.45, 7) is 4.50. The molecule has 1 unspecified atom stereocenters. The van der Waals surface area contributed by atoms with Crippen LogP contribution in [0.4, 0.5) is 0 Å². The molecule has 3 nitrogen and oxygen atoms in total. The molecule has 122 valence electrons. The summed E-state index contributed by atoms with van der Waals surface area (Å²) in [7, 11) is 0. The van der Waals surface area contributed by atoms with Gasteiger partial charge < -0.3 is 24.8 Å². The van der Waals surface area contributed by atoms with Gasteiger partial charge in [-0.25, -0.2) is 0 Å². The maximum absolute atomic E-state index is 4.37. The van der Waals surface area contributed by atoms with Crippen molar-refractivity contribution in [3.05, 3.63) is 69.1 Å². The molecule has 1 aromatic heterocycles. The van der Waals surface area contributed by atoms with Crippen molar-refractivity contribution in [2.45, 2.75) is 24.5 Å². The van der Waals surface area contributed by atoms with Gasteiger partial charge in [-0.1, -0.05) is 0 Å². The molecule has 1 heterocycles. The van der Waals surface area contributed by atoms with Crippen molar-refractivity contribution < 1.29 is 44.0 Å². The van der Waals surface area contributed by atoms with E-state index in [1.807, 2.05) is 11.0 Å². The second-order valence-electron chi connectivity index (χ2n) is 5.81. The summed E-state index contributed by atoms with van der Waals surface area (Å²) in [5.74, 6) is 0. The van der Waals surface area contributed by atoms with Gasteiger partial charge in [0.15, 0.2) is 0 Å². The molecule has 0 saturated carbocycles. The summed E-state index contributed by atoms with van der Waals surface area (Å²) in [5.41, 5.74) is 7.04. The Morgan fingerprint density at radius 1 is 1.17 bits per heavy atom. The average Bonchev–Trinajstić information content (AvgIpc) is 3.23. The molecule has 1 atom stereocenters. The van der Waals surface area contributed by atoms with Crippen molar-refractivity contribution in [2.75, 3.05) is 0 Å². The molecule has 0 radical (unpaired) electrons. The van der Waals surface area contributed by atoms with Crippen LogP contribution in [0.2, 0.25) is 0 Å². The quantitative estimate of drug-likeness (QED) is 0.567. The summed E-state index contributed by atoms with van der Waals surface area (Å²) < 4.78 is 4.10. The van der Waals surface area contributed by atoms with E-state index in [-0.39, 0.29) is 44.0 Å². The van der Waals surface area contributed by atoms with Crippen LogP contribution in [0.5, 0.6) is 0 Å². The smallest absolute Gasteiger partial charge is 1.00 e. The monoisotopic (exact) mass is 393 g/mol. The fourth-order valence-electron chi connectivity index (χ4n) is 3.14. The van der Waals surface area contributed by atoms with E-state index in [0.29, 0.717) is 4.22 Å². The SMILES string of the molecule is CC1=CC[C]([Ti+2][CH]2C(n3cncn3)=Cc3ccccc32)=C1C.[Cl-].[Cl-]. The molecule has 4 rings (SSSR count). The third-order valence-electron chi connectivity index (χ3n) is 4.56. The van der Waals surface area contributed by atoms with Crippen molar-refractivity contribution in [3.63, 3.8) is 0 Å². The minimum Gasteiger partial charge on any atom is -1.00 e. The van der Waals surface area contributed by atoms with Gasteiger partial charge in [-0.3, -0.25) is 0 Å². The topological polar surface area (TPSA) is 30.7 Å². The van der Waals surface area contributed by atoms with Crippen molar-refractivity contribution >= 4 is 11.8 Å². The van der Waals surface area contributed by atoms with Gasteiger partial charge in [-0.05, 0) is 0 Å². The Balaban J connectivity index is 0.00000104. The van der Waals surface area contributed by atoms with E-state index in [2.05, 4.69) is 60.3 Å². The molecule has 0 aliphatic heterocycles. The Kier molecular flexibility index (Phi) is 6.27. The minimum atomic E-state index is -0.275. The Labute approximate surface area is 163 Å². The first-order valence-corrected chi connectivity index (χ1v) is 9.21. The Bertz CT molecular complexity index is 823. The van der Waals surface area contributed by atoms with Crippen LogP contribution in [0, 0.1) is 0 Å². The zero-order valence-electron chi connectivity index (χ0n) is 13.5. The second-order valence-corrected chi connectivity index (χ2v) is 8.11. The fourth-order valence-corrected chi connectivity index (χ4v) is 5.89. The molecule has 0 fully saturated rings. The number of rotatable bonds is 3. The minimum absolute atomic E-state index is 0. The third-order valence-corrected chi connectivity index (χ3v) is 7.41. The van der Waals surface area contributed by atoms with Crippen LogP contribution < -0.4 is 24.8 Å². The molecule has 2 aromatic rings. The Hall–Kier alpha value is -1.13. The van der Waals surface area contributed by atoms with Crippen molar-refractivity contribution in [1.82, 2.24) is 14.8 Å². The third kappa shape index (κ3) is 3.31. The van der Waals surface area contributed by atoms with E-state index in [1.165, 1.54) is 28.0 Å². The fraction of sp³-hybridized carbons (Fsp3) is 0.222. The first kappa shape index (κ1) is 19.2. The molecule has 6 heteroatoms. The van der Waals surface area contributed by atoms with E-state index < -0.39 is 0 Å². The van der Waals surface area contributed by atoms with E-state index >= 15 is 0 Å². The molecule has 0 saturated heterocycles. The first-order valence-electron chi connectivity index (χ1n) is 7.53. The van der Waals surface area contributed by atoms with E-state index in [9.17, 15) is 0 Å². The number of allylic oxidation sites excluding steroid dienone is 5. The maximum Gasteiger partial charge on any atom is -1.00 e. The van der Waals surface area contributed by atoms with Gasteiger partial charge >= 0.3 is 139 Å². The standard InChI is InChI=1S/C11H8N3.C7H9.2ClH.Ti/c1-2-4-10-6-11(5-9(10)3-1)14-8-12-7-13-14;1-6-4-3-5-7(6)2;;;/h1-8H;4H,3H2,1-2H3;2*1H;/q;;;;+2/p-2. The van der Waals surface area contributed by atoms with Crippen LogP contribution in [-0.4, -0.2) is 14.8 Å². The van der Waals surface area contributed by atoms with Crippen LogP contribution >= 0.6 is 0 Å². The van der Waals surface area contributed by atoms with Gasteiger partial charge in [0.05, 0.1) is 0 Å². The maximum atomic E-state index is 4.37. The van der Waals surface area contributed by atoms with Crippen LogP contribution in [-0.2, 0) is 19.2 Å². The first-order chi connectivity index (χ1) is 10.7. The molecule has 0 bridgehead atoms. The van der Waals surface area contributed by atoms with Gasteiger partial charge in [0.25, 0.3) is 0 Å². The predicted molar refractivity (Wildman–Crippen MR) is 84.4 cm³/mol. The molecule has 0 amide bonds. The molecular formula is C18H17Cl2N3Ti. The van der Waals surface area contributed by atoms with Crippen LogP contribution in [0.3, 0.4) is 0 Å². The molecular weight excluding hydrogens is 377 g/mol. The predicted octanol–water partition coefficient (Wildman–Crippen LogP) is -1.95. The summed E-state index contributed by atoms with van der Waals surface area (Å²) in [6.07, 6.45) is 9.22. The van der Waals surface area contributed by atoms with Gasteiger partial charge in [0.2, 0.25) is 0 Å². The summed E-state index contributed by atoms with van der Waals surface area (Å²) in [4.78, 5) is 4.13. The molecule has 0 N–H and O–H groups in total. The normalized spacial score (nSPS) is 18.2. The number of hydrogen-bond acceptors (Lipinski definition) is 2. The number of nitrogens with zero attached hydrogens (tertiary/aromatic N) is 3. The Morgan fingerprint density at radius 3 is 2.62 bits per heavy atom. The number of halogens is 2. The zero-order chi connectivity index (χ0) is 15.1. The molecule has 2 aliphatic carbocycles. The van der Waals surface area contributed by atoms with Gasteiger partial charge in [0.1, 0.15) is 0 Å². The molecule has 24 heavy (non-hydrogen) atoms. The Morgan fingerprint density at radius 2 is 1.96 bits per heavy atom. The summed E-state index contributed by atoms with van der Waals surface area (Å²) in [6, 6.07) is 8.74. The molecule has 2 aliphatic rings. The van der Waals surface area contributed by atoms with Crippen LogP contribution in [0.25, 0.3) is 11.8 Å². The van der Waals surface area contributed by atoms with Gasteiger partial charge in [-0.15, -0.1) is 0 Å². The molecule has 0 spiro atoms. The van der Waals surface area contributed by atoms with Crippen molar-refractivity contribution in [2.24, 2.45) is 0 Å². The van der Waals surface area contributed by atoms with Crippen molar-refractivity contribution in [1.29, 1.82) is 0 Å². The average molecular weight is 394 g/mol. The van der Waals surface area contributed by atoms with Crippen molar-refractivity contribution in [3.8, 4) is 0 Å². The largest absolute Gasteiger partial charge is 1.00 e. The van der Waals surface area contributed by atoms with Crippen LogP contribution in [0.15, 0.2) is 58.0 Å². The van der Waals surface area contributed by atoms with E-state index in [1.54, 1.807) is 10.2 Å². The summed E-state index contributed by atoms with van der Waals surface area (Å²) >= 11 is -0.275. The zero-order valence-corrected chi connectivity index (χ0v) is 16.6. The van der Waals surface area contributed by atoms with Crippen LogP contribution in [0.1, 0.15) is 35.6 Å². The molecule has 1 aromatic carbocycles. The number of hydrogen-bond donors (Lipinski definition) is 0. The van der Waals surface area contributed by atoms with E-state index in [0.717, 1.165) is 6.42 Å². The summed E-state index contributed by atoms with van der Waals surface area (Å²) in [5, 5.41) is 4.37. The number of aromatic nitrogens is 3. The second kappa shape index (κ2) is 7.84. The van der Waals surface area contributed by atoms with E-state index in [4.69, 9.17) is 0 Å². The number of benzene rings is 1. The van der Waals surface area contributed by atoms with Gasteiger partial charge in [-0.2, -0.15) is 0 Å².